The minimum atomic E-state index is -0.276. The maximum absolute atomic E-state index is 11.6. The summed E-state index contributed by atoms with van der Waals surface area (Å²) in [4.78, 5) is 11.6. The van der Waals surface area contributed by atoms with Gasteiger partial charge in [-0.25, -0.2) is 0 Å². The Bertz CT molecular complexity index is 444. The molecule has 98 valence electrons. The number of ether oxygens (including phenoxy) is 1. The second kappa shape index (κ2) is 5.59. The predicted molar refractivity (Wildman–Crippen MR) is 68.9 cm³/mol. The highest BCUT2D eigenvalue weighted by Gasteiger charge is 2.28. The van der Waals surface area contributed by atoms with Gasteiger partial charge in [-0.2, -0.15) is 0 Å². The maximum atomic E-state index is 11.6. The van der Waals surface area contributed by atoms with E-state index in [9.17, 15) is 4.79 Å². The van der Waals surface area contributed by atoms with Gasteiger partial charge in [-0.05, 0) is 37.5 Å². The molecule has 1 aromatic carbocycles. The summed E-state index contributed by atoms with van der Waals surface area (Å²) in [6, 6.07) is 5.49. The lowest BCUT2D eigenvalue weighted by atomic mass is 9.89. The highest BCUT2D eigenvalue weighted by atomic mass is 35.5. The van der Waals surface area contributed by atoms with E-state index < -0.39 is 0 Å². The van der Waals surface area contributed by atoms with Crippen LogP contribution in [-0.2, 0) is 4.79 Å². The topological polar surface area (TPSA) is 58.6 Å². The van der Waals surface area contributed by atoms with E-state index in [1.165, 1.54) is 0 Å². The molecular weight excluding hydrogens is 254 g/mol. The average Bonchev–Trinajstić information content (AvgIpc) is 2.28. The van der Waals surface area contributed by atoms with Gasteiger partial charge in [0.15, 0.2) is 6.61 Å². The van der Waals surface area contributed by atoms with E-state index in [0.29, 0.717) is 23.6 Å². The number of nitrogens with one attached hydrogen (secondary N) is 1. The Morgan fingerprint density at radius 1 is 1.56 bits per heavy atom. The van der Waals surface area contributed by atoms with Gasteiger partial charge in [0.2, 0.25) is 0 Å². The molecule has 0 unspecified atom stereocenters. The van der Waals surface area contributed by atoms with E-state index in [1.807, 2.05) is 13.0 Å². The number of hydrogen-bond acceptors (Lipinski definition) is 3. The second-order valence-corrected chi connectivity index (χ2v) is 5.02. The normalized spacial score (nSPS) is 22.2. The number of rotatable bonds is 4. The molecule has 18 heavy (non-hydrogen) atoms. The number of carbonyl (C=O) groups is 1. The van der Waals surface area contributed by atoms with Crippen LogP contribution in [0.2, 0.25) is 5.02 Å². The van der Waals surface area contributed by atoms with Crippen molar-refractivity contribution in [1.82, 2.24) is 5.32 Å². The molecule has 4 nitrogen and oxygen atoms in total. The molecule has 0 aliphatic heterocycles. The Labute approximate surface area is 111 Å². The van der Waals surface area contributed by atoms with Gasteiger partial charge in [0.25, 0.3) is 5.91 Å². The summed E-state index contributed by atoms with van der Waals surface area (Å²) in [6.07, 6.45) is 0.968. The van der Waals surface area contributed by atoms with Crippen LogP contribution in [0.15, 0.2) is 18.2 Å². The van der Waals surface area contributed by atoms with Gasteiger partial charge in [0.1, 0.15) is 5.75 Å². The van der Waals surface area contributed by atoms with Gasteiger partial charge in [-0.1, -0.05) is 17.7 Å². The molecule has 0 bridgehead atoms. The number of hydrogen-bond donors (Lipinski definition) is 2. The van der Waals surface area contributed by atoms with Gasteiger partial charge in [0.05, 0.1) is 11.1 Å². The predicted octanol–water partition coefficient (Wildman–Crippen LogP) is 1.67. The Balaban J connectivity index is 1.80. The Morgan fingerprint density at radius 3 is 2.94 bits per heavy atom. The van der Waals surface area contributed by atoms with Gasteiger partial charge in [-0.15, -0.1) is 0 Å². The molecule has 0 aromatic heterocycles. The first-order valence-electron chi connectivity index (χ1n) is 5.91. The third-order valence-corrected chi connectivity index (χ3v) is 3.24. The van der Waals surface area contributed by atoms with Crippen molar-refractivity contribution in [2.75, 3.05) is 6.61 Å². The molecule has 0 heterocycles. The van der Waals surface area contributed by atoms with Crippen LogP contribution in [0, 0.1) is 6.92 Å². The van der Waals surface area contributed by atoms with Crippen molar-refractivity contribution in [3.63, 3.8) is 0 Å². The fourth-order valence-corrected chi connectivity index (χ4v) is 2.01. The first-order chi connectivity index (χ1) is 8.54. The number of halogens is 1. The molecular formula is C13H16ClNO3. The van der Waals surface area contributed by atoms with E-state index in [0.717, 1.165) is 5.56 Å². The number of carbonyl (C=O) groups excluding carboxylic acids is 1. The third kappa shape index (κ3) is 3.37. The molecule has 1 aliphatic rings. The zero-order chi connectivity index (χ0) is 13.1. The van der Waals surface area contributed by atoms with Crippen molar-refractivity contribution in [1.29, 1.82) is 0 Å². The lowest BCUT2D eigenvalue weighted by molar-refractivity contribution is -0.125. The summed E-state index contributed by atoms with van der Waals surface area (Å²) in [5.74, 6) is 0.324. The molecule has 0 radical (unpaired) electrons. The van der Waals surface area contributed by atoms with Crippen molar-refractivity contribution in [2.24, 2.45) is 0 Å². The quantitative estimate of drug-likeness (QED) is 0.874. The summed E-state index contributed by atoms with van der Waals surface area (Å²) < 4.78 is 5.37. The molecule has 2 N–H and O–H groups in total. The van der Waals surface area contributed by atoms with Crippen LogP contribution >= 0.6 is 11.6 Å². The molecule has 5 heteroatoms. The second-order valence-electron chi connectivity index (χ2n) is 4.61. The number of aliphatic hydroxyl groups is 1. The first kappa shape index (κ1) is 13.2. The van der Waals surface area contributed by atoms with Gasteiger partial charge >= 0.3 is 0 Å². The summed E-state index contributed by atoms with van der Waals surface area (Å²) in [5, 5.41) is 12.4. The zero-order valence-electron chi connectivity index (χ0n) is 10.1. The monoisotopic (exact) mass is 269 g/mol. The average molecular weight is 270 g/mol. The van der Waals surface area contributed by atoms with E-state index in [1.54, 1.807) is 12.1 Å². The summed E-state index contributed by atoms with van der Waals surface area (Å²) in [7, 11) is 0. The molecule has 1 saturated carbocycles. The van der Waals surface area contributed by atoms with Crippen molar-refractivity contribution in [3.8, 4) is 5.75 Å². The molecule has 0 saturated heterocycles. The van der Waals surface area contributed by atoms with Crippen LogP contribution in [0.25, 0.3) is 0 Å². The summed E-state index contributed by atoms with van der Waals surface area (Å²) in [6.45, 7) is 1.87. The third-order valence-electron chi connectivity index (χ3n) is 2.92. The van der Waals surface area contributed by atoms with Crippen molar-refractivity contribution >= 4 is 17.5 Å². The first-order valence-corrected chi connectivity index (χ1v) is 6.29. The van der Waals surface area contributed by atoms with E-state index >= 15 is 0 Å². The fourth-order valence-electron chi connectivity index (χ4n) is 1.84. The maximum Gasteiger partial charge on any atom is 0.258 e. The number of amides is 1. The van der Waals surface area contributed by atoms with Crippen LogP contribution in [-0.4, -0.2) is 29.8 Å². The van der Waals surface area contributed by atoms with Crippen LogP contribution < -0.4 is 10.1 Å². The number of aryl methyl sites for hydroxylation is 1. The van der Waals surface area contributed by atoms with E-state index in [2.05, 4.69) is 5.32 Å². The van der Waals surface area contributed by atoms with Gasteiger partial charge < -0.3 is 15.2 Å². The summed E-state index contributed by atoms with van der Waals surface area (Å²) >= 11 is 5.95. The fraction of sp³-hybridized carbons (Fsp3) is 0.462. The van der Waals surface area contributed by atoms with Crippen LogP contribution in [0.5, 0.6) is 5.75 Å². The van der Waals surface area contributed by atoms with Crippen molar-refractivity contribution < 1.29 is 14.6 Å². The van der Waals surface area contributed by atoms with Gasteiger partial charge in [-0.3, -0.25) is 4.79 Å². The Hall–Kier alpha value is -1.26. The highest BCUT2D eigenvalue weighted by Crippen LogP contribution is 2.25. The molecule has 2 rings (SSSR count). The van der Waals surface area contributed by atoms with Crippen LogP contribution in [0.4, 0.5) is 0 Å². The molecule has 0 spiro atoms. The molecule has 1 fully saturated rings. The molecule has 0 atom stereocenters. The van der Waals surface area contributed by atoms with Crippen LogP contribution in [0.3, 0.4) is 0 Å². The minimum Gasteiger partial charge on any atom is -0.482 e. The molecule has 1 amide bonds. The lowest BCUT2D eigenvalue weighted by Crippen LogP contribution is -2.48. The standard InChI is InChI=1S/C13H16ClNO3/c1-8-2-3-11(14)12(4-8)18-7-13(17)15-9-5-10(16)6-9/h2-4,9-10,16H,5-7H2,1H3,(H,15,17). The SMILES string of the molecule is Cc1ccc(Cl)c(OCC(=O)NC2CC(O)C2)c1. The number of aliphatic hydroxyl groups excluding tert-OH is 1. The largest absolute Gasteiger partial charge is 0.482 e. The van der Waals surface area contributed by atoms with E-state index in [-0.39, 0.29) is 24.7 Å². The Morgan fingerprint density at radius 2 is 2.28 bits per heavy atom. The Kier molecular flexibility index (Phi) is 4.09. The van der Waals surface area contributed by atoms with Crippen molar-refractivity contribution in [3.05, 3.63) is 28.8 Å². The lowest BCUT2D eigenvalue weighted by Gasteiger charge is -2.31. The van der Waals surface area contributed by atoms with Crippen molar-refractivity contribution in [2.45, 2.75) is 31.9 Å². The zero-order valence-corrected chi connectivity index (χ0v) is 10.9. The van der Waals surface area contributed by atoms with Crippen LogP contribution in [0.1, 0.15) is 18.4 Å². The molecule has 1 aromatic rings. The smallest absolute Gasteiger partial charge is 0.258 e. The highest BCUT2D eigenvalue weighted by molar-refractivity contribution is 6.32. The minimum absolute atomic E-state index is 0.0598. The van der Waals surface area contributed by atoms with Gasteiger partial charge in [0, 0.05) is 6.04 Å². The molecule has 1 aliphatic carbocycles. The van der Waals surface area contributed by atoms with E-state index in [4.69, 9.17) is 21.4 Å². The summed E-state index contributed by atoms with van der Waals surface area (Å²) in [5.41, 5.74) is 1.02. The number of benzene rings is 1.